The van der Waals surface area contributed by atoms with Crippen LogP contribution in [0.1, 0.15) is 18.1 Å². The van der Waals surface area contributed by atoms with Crippen molar-refractivity contribution in [1.82, 2.24) is 0 Å². The molecule has 0 heterocycles. The van der Waals surface area contributed by atoms with E-state index in [1.54, 1.807) is 13.0 Å². The van der Waals surface area contributed by atoms with Gasteiger partial charge in [0.25, 0.3) is 0 Å². The second-order valence-electron chi connectivity index (χ2n) is 4.54. The van der Waals surface area contributed by atoms with Crippen LogP contribution in [0, 0.1) is 0 Å². The van der Waals surface area contributed by atoms with Gasteiger partial charge in [0.05, 0.1) is 13.2 Å². The Balaban J connectivity index is 1.97. The SMILES string of the molecule is CC=CP(=O)(OCc1ccccc1)OCc1ccccc1. The van der Waals surface area contributed by atoms with Gasteiger partial charge in [-0.3, -0.25) is 4.57 Å². The summed E-state index contributed by atoms with van der Waals surface area (Å²) in [5, 5.41) is 0. The third-order valence-corrected chi connectivity index (χ3v) is 4.48. The lowest BCUT2D eigenvalue weighted by atomic mass is 10.2. The van der Waals surface area contributed by atoms with Crippen molar-refractivity contribution in [3.8, 4) is 0 Å². The molecule has 0 bridgehead atoms. The van der Waals surface area contributed by atoms with E-state index in [1.165, 1.54) is 5.82 Å². The summed E-state index contributed by atoms with van der Waals surface area (Å²) in [5.41, 5.74) is 1.93. The number of rotatable bonds is 7. The van der Waals surface area contributed by atoms with Gasteiger partial charge in [0, 0.05) is 5.82 Å². The van der Waals surface area contributed by atoms with E-state index in [2.05, 4.69) is 0 Å². The Morgan fingerprint density at radius 1 is 0.857 bits per heavy atom. The Bertz CT molecular complexity index is 561. The molecule has 3 nitrogen and oxygen atoms in total. The van der Waals surface area contributed by atoms with E-state index in [9.17, 15) is 4.57 Å². The van der Waals surface area contributed by atoms with Crippen molar-refractivity contribution in [1.29, 1.82) is 0 Å². The van der Waals surface area contributed by atoms with Gasteiger partial charge in [0.2, 0.25) is 0 Å². The summed E-state index contributed by atoms with van der Waals surface area (Å²) in [6.07, 6.45) is 1.69. The highest BCUT2D eigenvalue weighted by Crippen LogP contribution is 2.51. The summed E-state index contributed by atoms with van der Waals surface area (Å²) >= 11 is 0. The molecule has 0 saturated heterocycles. The van der Waals surface area contributed by atoms with Crippen molar-refractivity contribution in [3.63, 3.8) is 0 Å². The van der Waals surface area contributed by atoms with Crippen LogP contribution < -0.4 is 0 Å². The van der Waals surface area contributed by atoms with E-state index in [1.807, 2.05) is 60.7 Å². The van der Waals surface area contributed by atoms with Gasteiger partial charge in [-0.1, -0.05) is 66.7 Å². The molecule has 2 aromatic carbocycles. The molecule has 0 aromatic heterocycles. The smallest absolute Gasteiger partial charge is 0.301 e. The van der Waals surface area contributed by atoms with Gasteiger partial charge in [0.15, 0.2) is 0 Å². The van der Waals surface area contributed by atoms with Crippen molar-refractivity contribution in [2.75, 3.05) is 0 Å². The lowest BCUT2D eigenvalue weighted by molar-refractivity contribution is 0.199. The van der Waals surface area contributed by atoms with E-state index in [0.717, 1.165) is 11.1 Å². The van der Waals surface area contributed by atoms with Crippen LogP contribution in [0.3, 0.4) is 0 Å². The number of hydrogen-bond acceptors (Lipinski definition) is 3. The largest absolute Gasteiger partial charge is 0.354 e. The quantitative estimate of drug-likeness (QED) is 0.664. The standard InChI is InChI=1S/C17H19O3P/c1-2-13-21(18,19-14-16-9-5-3-6-10-16)20-15-17-11-7-4-8-12-17/h2-13H,14-15H2,1H3. The highest BCUT2D eigenvalue weighted by atomic mass is 31.2. The summed E-state index contributed by atoms with van der Waals surface area (Å²) in [6, 6.07) is 19.3. The number of allylic oxidation sites excluding steroid dienone is 1. The summed E-state index contributed by atoms with van der Waals surface area (Å²) in [7, 11) is -3.23. The minimum atomic E-state index is -3.23. The van der Waals surface area contributed by atoms with Crippen molar-refractivity contribution in [2.24, 2.45) is 0 Å². The molecule has 0 saturated carbocycles. The van der Waals surface area contributed by atoms with Crippen LogP contribution in [0.5, 0.6) is 0 Å². The predicted molar refractivity (Wildman–Crippen MR) is 84.9 cm³/mol. The maximum Gasteiger partial charge on any atom is 0.354 e. The number of hydrogen-bond donors (Lipinski definition) is 0. The Hall–Kier alpha value is -1.67. The summed E-state index contributed by atoms with van der Waals surface area (Å²) < 4.78 is 23.7. The Kier molecular flexibility index (Phi) is 5.94. The fourth-order valence-corrected chi connectivity index (χ4v) is 3.05. The first-order chi connectivity index (χ1) is 10.2. The Morgan fingerprint density at radius 2 is 1.29 bits per heavy atom. The van der Waals surface area contributed by atoms with Gasteiger partial charge < -0.3 is 9.05 Å². The number of benzene rings is 2. The van der Waals surface area contributed by atoms with E-state index in [-0.39, 0.29) is 13.2 Å². The van der Waals surface area contributed by atoms with Gasteiger partial charge in [-0.25, -0.2) is 0 Å². The summed E-state index contributed by atoms with van der Waals surface area (Å²) in [6.45, 7) is 2.32. The molecule has 0 atom stereocenters. The first-order valence-corrected chi connectivity index (χ1v) is 8.43. The molecular formula is C17H19O3P. The molecule has 0 radical (unpaired) electrons. The molecule has 2 rings (SSSR count). The van der Waals surface area contributed by atoms with Crippen molar-refractivity contribution in [3.05, 3.63) is 83.7 Å². The second-order valence-corrected chi connectivity index (χ2v) is 6.43. The highest BCUT2D eigenvalue weighted by molar-refractivity contribution is 7.57. The van der Waals surface area contributed by atoms with Gasteiger partial charge >= 0.3 is 7.60 Å². The van der Waals surface area contributed by atoms with Crippen LogP contribution in [0.15, 0.2) is 72.6 Å². The van der Waals surface area contributed by atoms with Gasteiger partial charge in [0.1, 0.15) is 0 Å². The molecule has 0 spiro atoms. The molecule has 2 aromatic rings. The minimum absolute atomic E-state index is 0.261. The Morgan fingerprint density at radius 3 is 1.67 bits per heavy atom. The zero-order valence-electron chi connectivity index (χ0n) is 12.0. The predicted octanol–water partition coefficient (Wildman–Crippen LogP) is 5.15. The summed E-state index contributed by atoms with van der Waals surface area (Å²) in [5.74, 6) is 1.50. The van der Waals surface area contributed by atoms with Gasteiger partial charge in [-0.2, -0.15) is 0 Å². The fraction of sp³-hybridized carbons (Fsp3) is 0.176. The minimum Gasteiger partial charge on any atom is -0.301 e. The van der Waals surface area contributed by atoms with Crippen molar-refractivity contribution < 1.29 is 13.6 Å². The lowest BCUT2D eigenvalue weighted by Gasteiger charge is -2.15. The molecule has 0 amide bonds. The van der Waals surface area contributed by atoms with Gasteiger partial charge in [-0.05, 0) is 18.1 Å². The van der Waals surface area contributed by atoms with Crippen molar-refractivity contribution >= 4 is 7.60 Å². The van der Waals surface area contributed by atoms with Crippen LogP contribution >= 0.6 is 7.60 Å². The van der Waals surface area contributed by atoms with Crippen LogP contribution in [0.4, 0.5) is 0 Å². The highest BCUT2D eigenvalue weighted by Gasteiger charge is 2.20. The molecule has 21 heavy (non-hydrogen) atoms. The second kappa shape index (κ2) is 7.94. The molecule has 110 valence electrons. The van der Waals surface area contributed by atoms with E-state index in [0.29, 0.717) is 0 Å². The zero-order valence-corrected chi connectivity index (χ0v) is 12.9. The molecule has 0 N–H and O–H groups in total. The zero-order chi connectivity index (χ0) is 15.0. The average Bonchev–Trinajstić information content (AvgIpc) is 2.54. The lowest BCUT2D eigenvalue weighted by Crippen LogP contribution is -1.96. The first kappa shape index (κ1) is 15.7. The Labute approximate surface area is 125 Å². The van der Waals surface area contributed by atoms with Crippen LogP contribution in [-0.2, 0) is 26.8 Å². The summed E-state index contributed by atoms with van der Waals surface area (Å²) in [4.78, 5) is 0. The monoisotopic (exact) mass is 302 g/mol. The molecular weight excluding hydrogens is 283 g/mol. The normalized spacial score (nSPS) is 11.9. The van der Waals surface area contributed by atoms with E-state index >= 15 is 0 Å². The van der Waals surface area contributed by atoms with Crippen LogP contribution in [-0.4, -0.2) is 0 Å². The maximum atomic E-state index is 12.6. The molecule has 0 aliphatic heterocycles. The fourth-order valence-electron chi connectivity index (χ4n) is 1.78. The maximum absolute atomic E-state index is 12.6. The van der Waals surface area contributed by atoms with Crippen LogP contribution in [0.25, 0.3) is 0 Å². The van der Waals surface area contributed by atoms with Crippen molar-refractivity contribution in [2.45, 2.75) is 20.1 Å². The topological polar surface area (TPSA) is 35.5 Å². The first-order valence-electron chi connectivity index (χ1n) is 6.82. The molecule has 0 aliphatic carbocycles. The third-order valence-electron chi connectivity index (χ3n) is 2.84. The third kappa shape index (κ3) is 5.31. The van der Waals surface area contributed by atoms with Gasteiger partial charge in [-0.15, -0.1) is 0 Å². The molecule has 0 aliphatic rings. The molecule has 0 fully saturated rings. The molecule has 0 unspecified atom stereocenters. The van der Waals surface area contributed by atoms with E-state index in [4.69, 9.17) is 9.05 Å². The molecule has 4 heteroatoms. The van der Waals surface area contributed by atoms with Crippen LogP contribution in [0.2, 0.25) is 0 Å². The van der Waals surface area contributed by atoms with E-state index < -0.39 is 7.60 Å². The average molecular weight is 302 g/mol.